The monoisotopic (exact) mass is 226 g/mol. The standard InChI is InChI=1S/C12H19ClN2/c1-3-15(6-4-5-13)10-12-7-11(2)8-14-9-12/h7-9H,3-6,10H2,1-2H3. The smallest absolute Gasteiger partial charge is 0.0313 e. The zero-order valence-electron chi connectivity index (χ0n) is 9.54. The number of alkyl halides is 1. The summed E-state index contributed by atoms with van der Waals surface area (Å²) in [5.41, 5.74) is 2.51. The van der Waals surface area contributed by atoms with E-state index in [1.54, 1.807) is 0 Å². The number of hydrogen-bond donors (Lipinski definition) is 0. The second kappa shape index (κ2) is 6.81. The zero-order valence-corrected chi connectivity index (χ0v) is 10.3. The van der Waals surface area contributed by atoms with Gasteiger partial charge in [0.2, 0.25) is 0 Å². The van der Waals surface area contributed by atoms with Crippen LogP contribution in [0, 0.1) is 6.92 Å². The van der Waals surface area contributed by atoms with Crippen LogP contribution in [-0.4, -0.2) is 28.9 Å². The molecule has 0 spiro atoms. The quantitative estimate of drug-likeness (QED) is 0.694. The molecule has 0 aliphatic carbocycles. The fourth-order valence-corrected chi connectivity index (χ4v) is 1.71. The minimum Gasteiger partial charge on any atom is -0.299 e. The number of halogens is 1. The van der Waals surface area contributed by atoms with Gasteiger partial charge in [0.15, 0.2) is 0 Å². The first-order valence-corrected chi connectivity index (χ1v) is 5.98. The Morgan fingerprint density at radius 3 is 2.80 bits per heavy atom. The summed E-state index contributed by atoms with van der Waals surface area (Å²) < 4.78 is 0. The third-order valence-electron chi connectivity index (χ3n) is 2.39. The van der Waals surface area contributed by atoms with Crippen molar-refractivity contribution in [3.8, 4) is 0 Å². The summed E-state index contributed by atoms with van der Waals surface area (Å²) in [6.45, 7) is 7.35. The molecule has 0 atom stereocenters. The predicted molar refractivity (Wildman–Crippen MR) is 65.3 cm³/mol. The molecule has 0 aliphatic heterocycles. The first-order valence-electron chi connectivity index (χ1n) is 5.45. The van der Waals surface area contributed by atoms with Gasteiger partial charge in [-0.05, 0) is 37.6 Å². The van der Waals surface area contributed by atoms with Gasteiger partial charge in [-0.2, -0.15) is 0 Å². The van der Waals surface area contributed by atoms with Crippen molar-refractivity contribution in [3.63, 3.8) is 0 Å². The van der Waals surface area contributed by atoms with E-state index in [9.17, 15) is 0 Å². The lowest BCUT2D eigenvalue weighted by Crippen LogP contribution is -2.24. The molecule has 15 heavy (non-hydrogen) atoms. The lowest BCUT2D eigenvalue weighted by Gasteiger charge is -2.19. The molecule has 0 saturated carbocycles. The molecule has 3 heteroatoms. The number of rotatable bonds is 6. The summed E-state index contributed by atoms with van der Waals surface area (Å²) >= 11 is 5.69. The highest BCUT2D eigenvalue weighted by Crippen LogP contribution is 2.06. The van der Waals surface area contributed by atoms with Gasteiger partial charge in [-0.15, -0.1) is 11.6 Å². The molecule has 1 aromatic rings. The topological polar surface area (TPSA) is 16.1 Å². The molecule has 84 valence electrons. The van der Waals surface area contributed by atoms with E-state index in [1.165, 1.54) is 11.1 Å². The van der Waals surface area contributed by atoms with Crippen molar-refractivity contribution in [3.05, 3.63) is 29.6 Å². The SMILES string of the molecule is CCN(CCCCl)Cc1cncc(C)c1. The Bertz CT molecular complexity index is 289. The van der Waals surface area contributed by atoms with E-state index < -0.39 is 0 Å². The maximum absolute atomic E-state index is 5.69. The van der Waals surface area contributed by atoms with Gasteiger partial charge in [-0.1, -0.05) is 13.0 Å². The summed E-state index contributed by atoms with van der Waals surface area (Å²) in [5, 5.41) is 0. The number of aromatic nitrogens is 1. The molecule has 1 heterocycles. The van der Waals surface area contributed by atoms with E-state index in [1.807, 2.05) is 12.4 Å². The number of aryl methyl sites for hydroxylation is 1. The van der Waals surface area contributed by atoms with Gasteiger partial charge in [0.25, 0.3) is 0 Å². The minimum absolute atomic E-state index is 0.739. The van der Waals surface area contributed by atoms with Crippen molar-refractivity contribution in [1.29, 1.82) is 0 Å². The molecule has 0 fully saturated rings. The van der Waals surface area contributed by atoms with Crippen LogP contribution in [-0.2, 0) is 6.54 Å². The third-order valence-corrected chi connectivity index (χ3v) is 2.66. The largest absolute Gasteiger partial charge is 0.299 e. The third kappa shape index (κ3) is 4.63. The molecule has 0 aliphatic rings. The average molecular weight is 227 g/mol. The summed E-state index contributed by atoms with van der Waals surface area (Å²) in [7, 11) is 0. The second-order valence-corrected chi connectivity index (χ2v) is 4.16. The van der Waals surface area contributed by atoms with Crippen LogP contribution in [0.1, 0.15) is 24.5 Å². The molecule has 0 amide bonds. The summed E-state index contributed by atoms with van der Waals surface area (Å²) in [6.07, 6.45) is 4.88. The Kier molecular flexibility index (Phi) is 5.66. The van der Waals surface area contributed by atoms with Gasteiger partial charge in [-0.3, -0.25) is 9.88 Å². The highest BCUT2D eigenvalue weighted by atomic mass is 35.5. The highest BCUT2D eigenvalue weighted by Gasteiger charge is 2.03. The number of pyridine rings is 1. The van der Waals surface area contributed by atoms with Crippen molar-refractivity contribution in [2.45, 2.75) is 26.8 Å². The van der Waals surface area contributed by atoms with Crippen molar-refractivity contribution in [1.82, 2.24) is 9.88 Å². The number of hydrogen-bond acceptors (Lipinski definition) is 2. The van der Waals surface area contributed by atoms with E-state index in [4.69, 9.17) is 11.6 Å². The molecular formula is C12H19ClN2. The first kappa shape index (κ1) is 12.5. The highest BCUT2D eigenvalue weighted by molar-refractivity contribution is 6.17. The number of nitrogens with zero attached hydrogens (tertiary/aromatic N) is 2. The summed E-state index contributed by atoms with van der Waals surface area (Å²) in [5.74, 6) is 0.739. The fourth-order valence-electron chi connectivity index (χ4n) is 1.59. The molecular weight excluding hydrogens is 208 g/mol. The van der Waals surface area contributed by atoms with Crippen molar-refractivity contribution in [2.24, 2.45) is 0 Å². The maximum atomic E-state index is 5.69. The van der Waals surface area contributed by atoms with Gasteiger partial charge < -0.3 is 0 Å². The molecule has 0 N–H and O–H groups in total. The Morgan fingerprint density at radius 1 is 1.40 bits per heavy atom. The van der Waals surface area contributed by atoms with E-state index in [0.29, 0.717) is 0 Å². The minimum atomic E-state index is 0.739. The van der Waals surface area contributed by atoms with Crippen LogP contribution in [0.25, 0.3) is 0 Å². The zero-order chi connectivity index (χ0) is 11.1. The van der Waals surface area contributed by atoms with Gasteiger partial charge in [0, 0.05) is 24.8 Å². The molecule has 2 nitrogen and oxygen atoms in total. The van der Waals surface area contributed by atoms with Crippen LogP contribution in [0.2, 0.25) is 0 Å². The van der Waals surface area contributed by atoms with Crippen molar-refractivity contribution >= 4 is 11.6 Å². The van der Waals surface area contributed by atoms with Crippen molar-refractivity contribution in [2.75, 3.05) is 19.0 Å². The molecule has 0 radical (unpaired) electrons. The molecule has 0 aromatic carbocycles. The van der Waals surface area contributed by atoms with Crippen LogP contribution < -0.4 is 0 Å². The molecule has 1 aromatic heterocycles. The van der Waals surface area contributed by atoms with E-state index >= 15 is 0 Å². The molecule has 0 bridgehead atoms. The summed E-state index contributed by atoms with van der Waals surface area (Å²) in [4.78, 5) is 6.59. The normalized spacial score (nSPS) is 10.9. The van der Waals surface area contributed by atoms with Crippen LogP contribution in [0.3, 0.4) is 0 Å². The van der Waals surface area contributed by atoms with Gasteiger partial charge in [0.1, 0.15) is 0 Å². The predicted octanol–water partition coefficient (Wildman–Crippen LogP) is 2.84. The van der Waals surface area contributed by atoms with Gasteiger partial charge in [0.05, 0.1) is 0 Å². The lowest BCUT2D eigenvalue weighted by molar-refractivity contribution is 0.281. The molecule has 0 unspecified atom stereocenters. The van der Waals surface area contributed by atoms with Crippen LogP contribution in [0.15, 0.2) is 18.5 Å². The maximum Gasteiger partial charge on any atom is 0.0313 e. The van der Waals surface area contributed by atoms with Gasteiger partial charge in [-0.25, -0.2) is 0 Å². The Balaban J connectivity index is 2.50. The second-order valence-electron chi connectivity index (χ2n) is 3.78. The van der Waals surface area contributed by atoms with E-state index in [-0.39, 0.29) is 0 Å². The average Bonchev–Trinajstić information content (AvgIpc) is 2.24. The lowest BCUT2D eigenvalue weighted by atomic mass is 10.2. The Labute approximate surface area is 97.3 Å². The van der Waals surface area contributed by atoms with Crippen LogP contribution >= 0.6 is 11.6 Å². The molecule has 1 rings (SSSR count). The fraction of sp³-hybridized carbons (Fsp3) is 0.583. The van der Waals surface area contributed by atoms with Crippen molar-refractivity contribution < 1.29 is 0 Å². The molecule has 0 saturated heterocycles. The van der Waals surface area contributed by atoms with E-state index in [0.717, 1.165) is 31.9 Å². The van der Waals surface area contributed by atoms with Gasteiger partial charge >= 0.3 is 0 Å². The Morgan fingerprint density at radius 2 is 2.20 bits per heavy atom. The Hall–Kier alpha value is -0.600. The van der Waals surface area contributed by atoms with E-state index in [2.05, 4.69) is 29.8 Å². The summed E-state index contributed by atoms with van der Waals surface area (Å²) in [6, 6.07) is 2.19. The first-order chi connectivity index (χ1) is 7.26. The van der Waals surface area contributed by atoms with Crippen LogP contribution in [0.4, 0.5) is 0 Å². The van der Waals surface area contributed by atoms with Crippen LogP contribution in [0.5, 0.6) is 0 Å².